The first-order chi connectivity index (χ1) is 7.81. The number of H-pyrrole nitrogens is 1. The Bertz CT molecular complexity index is 503. The fourth-order valence-electron chi connectivity index (χ4n) is 1.24. The summed E-state index contributed by atoms with van der Waals surface area (Å²) in [4.78, 5) is 15.7. The number of hydrogen-bond acceptors (Lipinski definition) is 6. The molecule has 8 nitrogen and oxygen atoms in total. The molecule has 0 aromatic carbocycles. The molecule has 0 aliphatic heterocycles. The third-order valence-corrected chi connectivity index (χ3v) is 2.06. The summed E-state index contributed by atoms with van der Waals surface area (Å²) >= 11 is 0. The first kappa shape index (κ1) is 10.3. The molecule has 0 radical (unpaired) electrons. The third kappa shape index (κ3) is 2.05. The van der Waals surface area contributed by atoms with Crippen LogP contribution in [0.4, 0.5) is 5.82 Å². The number of rotatable bonds is 4. The normalized spacial score (nSPS) is 10.3. The first-order valence-corrected chi connectivity index (χ1v) is 4.83. The summed E-state index contributed by atoms with van der Waals surface area (Å²) in [6, 6.07) is 0. The smallest absolute Gasteiger partial charge is 0.293 e. The summed E-state index contributed by atoms with van der Waals surface area (Å²) < 4.78 is 1.56. The molecule has 0 amide bonds. The largest absolute Gasteiger partial charge is 0.358 e. The van der Waals surface area contributed by atoms with Crippen molar-refractivity contribution in [1.29, 1.82) is 0 Å². The SMILES string of the molecule is CCn1ccnc(NCc2nn[nH]n2)c1=O. The van der Waals surface area contributed by atoms with Crippen LogP contribution in [0.1, 0.15) is 12.7 Å². The second-order valence-electron chi connectivity index (χ2n) is 3.05. The molecule has 8 heteroatoms. The molecule has 0 spiro atoms. The van der Waals surface area contributed by atoms with Crippen LogP contribution in [0.5, 0.6) is 0 Å². The van der Waals surface area contributed by atoms with Crippen molar-refractivity contribution < 1.29 is 0 Å². The van der Waals surface area contributed by atoms with Gasteiger partial charge in [-0.2, -0.15) is 5.21 Å². The molecule has 2 heterocycles. The van der Waals surface area contributed by atoms with Crippen molar-refractivity contribution in [3.8, 4) is 0 Å². The average molecular weight is 221 g/mol. The zero-order valence-corrected chi connectivity index (χ0v) is 8.71. The molecule has 0 fully saturated rings. The highest BCUT2D eigenvalue weighted by molar-refractivity contribution is 5.30. The summed E-state index contributed by atoms with van der Waals surface area (Å²) in [5.74, 6) is 0.766. The van der Waals surface area contributed by atoms with E-state index < -0.39 is 0 Å². The van der Waals surface area contributed by atoms with E-state index in [1.807, 2.05) is 6.92 Å². The number of nitrogens with one attached hydrogen (secondary N) is 2. The van der Waals surface area contributed by atoms with E-state index in [2.05, 4.69) is 30.9 Å². The lowest BCUT2D eigenvalue weighted by Gasteiger charge is -2.04. The van der Waals surface area contributed by atoms with E-state index in [-0.39, 0.29) is 11.4 Å². The van der Waals surface area contributed by atoms with Crippen LogP contribution in [0, 0.1) is 0 Å². The molecule has 0 aliphatic carbocycles. The van der Waals surface area contributed by atoms with Crippen molar-refractivity contribution in [2.75, 3.05) is 5.32 Å². The zero-order valence-electron chi connectivity index (χ0n) is 8.71. The van der Waals surface area contributed by atoms with Gasteiger partial charge in [0.05, 0.1) is 6.54 Å². The van der Waals surface area contributed by atoms with Gasteiger partial charge in [-0.25, -0.2) is 4.98 Å². The van der Waals surface area contributed by atoms with E-state index in [4.69, 9.17) is 0 Å². The Balaban J connectivity index is 2.13. The zero-order chi connectivity index (χ0) is 11.4. The van der Waals surface area contributed by atoms with E-state index in [0.717, 1.165) is 0 Å². The molecule has 0 aliphatic rings. The second kappa shape index (κ2) is 4.51. The van der Waals surface area contributed by atoms with Crippen molar-refractivity contribution >= 4 is 5.82 Å². The average Bonchev–Trinajstić information content (AvgIpc) is 2.81. The number of hydrogen-bond donors (Lipinski definition) is 2. The van der Waals surface area contributed by atoms with Gasteiger partial charge in [0.1, 0.15) is 0 Å². The monoisotopic (exact) mass is 221 g/mol. The van der Waals surface area contributed by atoms with Crippen LogP contribution in [-0.4, -0.2) is 30.2 Å². The van der Waals surface area contributed by atoms with Gasteiger partial charge in [-0.3, -0.25) is 4.79 Å². The summed E-state index contributed by atoms with van der Waals surface area (Å²) in [5.41, 5.74) is -0.159. The number of aromatic nitrogens is 6. The number of tetrazole rings is 1. The summed E-state index contributed by atoms with van der Waals surface area (Å²) in [7, 11) is 0. The Hall–Kier alpha value is -2.25. The third-order valence-electron chi connectivity index (χ3n) is 2.06. The topological polar surface area (TPSA) is 101 Å². The van der Waals surface area contributed by atoms with Crippen LogP contribution in [-0.2, 0) is 13.1 Å². The number of nitrogens with zero attached hydrogens (tertiary/aromatic N) is 5. The molecule has 0 saturated heterocycles. The molecule has 16 heavy (non-hydrogen) atoms. The van der Waals surface area contributed by atoms with Gasteiger partial charge in [0.25, 0.3) is 5.56 Å². The Kier molecular flexibility index (Phi) is 2.90. The molecule has 0 atom stereocenters. The van der Waals surface area contributed by atoms with Gasteiger partial charge in [-0.05, 0) is 6.92 Å². The quantitative estimate of drug-likeness (QED) is 0.714. The predicted molar refractivity (Wildman–Crippen MR) is 55.7 cm³/mol. The Morgan fingerprint density at radius 3 is 3.12 bits per heavy atom. The minimum atomic E-state index is -0.159. The molecule has 0 saturated carbocycles. The number of aromatic amines is 1. The van der Waals surface area contributed by atoms with Gasteiger partial charge < -0.3 is 9.88 Å². The standard InChI is InChI=1S/C8H11N7O/c1-2-15-4-3-9-7(8(15)16)10-5-6-11-13-14-12-6/h3-4H,2,5H2,1H3,(H,9,10)(H,11,12,13,14). The summed E-state index contributed by atoms with van der Waals surface area (Å²) in [6.45, 7) is 2.81. The highest BCUT2D eigenvalue weighted by Crippen LogP contribution is 1.95. The van der Waals surface area contributed by atoms with Crippen molar-refractivity contribution in [2.45, 2.75) is 20.0 Å². The predicted octanol–water partition coefficient (Wildman–Crippen LogP) is -0.612. The molecule has 2 aromatic heterocycles. The van der Waals surface area contributed by atoms with Gasteiger partial charge in [0.2, 0.25) is 0 Å². The van der Waals surface area contributed by atoms with Crippen molar-refractivity contribution in [1.82, 2.24) is 30.2 Å². The van der Waals surface area contributed by atoms with E-state index in [1.165, 1.54) is 0 Å². The maximum absolute atomic E-state index is 11.7. The number of anilines is 1. The fraction of sp³-hybridized carbons (Fsp3) is 0.375. The highest BCUT2D eigenvalue weighted by atomic mass is 16.1. The lowest BCUT2D eigenvalue weighted by Crippen LogP contribution is -2.23. The Morgan fingerprint density at radius 1 is 1.56 bits per heavy atom. The fourth-order valence-corrected chi connectivity index (χ4v) is 1.24. The molecule has 2 N–H and O–H groups in total. The van der Waals surface area contributed by atoms with Gasteiger partial charge in [0, 0.05) is 18.9 Å². The summed E-state index contributed by atoms with van der Waals surface area (Å²) in [5, 5.41) is 16.1. The maximum atomic E-state index is 11.7. The lowest BCUT2D eigenvalue weighted by molar-refractivity contribution is 0.718. The van der Waals surface area contributed by atoms with Crippen LogP contribution in [0.2, 0.25) is 0 Å². The second-order valence-corrected chi connectivity index (χ2v) is 3.05. The number of aryl methyl sites for hydroxylation is 1. The minimum Gasteiger partial charge on any atom is -0.358 e. The van der Waals surface area contributed by atoms with Crippen LogP contribution in [0.15, 0.2) is 17.2 Å². The van der Waals surface area contributed by atoms with E-state index >= 15 is 0 Å². The molecule has 0 unspecified atom stereocenters. The van der Waals surface area contributed by atoms with Crippen LogP contribution >= 0.6 is 0 Å². The van der Waals surface area contributed by atoms with E-state index in [9.17, 15) is 4.79 Å². The van der Waals surface area contributed by atoms with Crippen molar-refractivity contribution in [2.24, 2.45) is 0 Å². The lowest BCUT2D eigenvalue weighted by atomic mass is 10.5. The van der Waals surface area contributed by atoms with Crippen LogP contribution in [0.3, 0.4) is 0 Å². The van der Waals surface area contributed by atoms with Crippen molar-refractivity contribution in [3.05, 3.63) is 28.6 Å². The molecule has 2 rings (SSSR count). The van der Waals surface area contributed by atoms with E-state index in [0.29, 0.717) is 18.9 Å². The maximum Gasteiger partial charge on any atom is 0.293 e. The highest BCUT2D eigenvalue weighted by Gasteiger charge is 2.04. The van der Waals surface area contributed by atoms with Crippen LogP contribution in [0.25, 0.3) is 0 Å². The molecule has 2 aromatic rings. The molecule has 0 bridgehead atoms. The van der Waals surface area contributed by atoms with E-state index in [1.54, 1.807) is 17.0 Å². The van der Waals surface area contributed by atoms with Gasteiger partial charge in [-0.1, -0.05) is 5.21 Å². The Labute approximate surface area is 90.7 Å². The van der Waals surface area contributed by atoms with Crippen LogP contribution < -0.4 is 10.9 Å². The van der Waals surface area contributed by atoms with Crippen molar-refractivity contribution in [3.63, 3.8) is 0 Å². The van der Waals surface area contributed by atoms with Gasteiger partial charge in [-0.15, -0.1) is 10.2 Å². The molecular weight excluding hydrogens is 210 g/mol. The van der Waals surface area contributed by atoms with Gasteiger partial charge in [0.15, 0.2) is 11.6 Å². The summed E-state index contributed by atoms with van der Waals surface area (Å²) in [6.07, 6.45) is 3.21. The molecule has 84 valence electrons. The minimum absolute atomic E-state index is 0.159. The molecular formula is C8H11N7O. The Morgan fingerprint density at radius 2 is 2.44 bits per heavy atom. The van der Waals surface area contributed by atoms with Gasteiger partial charge >= 0.3 is 0 Å². The first-order valence-electron chi connectivity index (χ1n) is 4.83.